The fraction of sp³-hybridized carbons (Fsp3) is 0.556. The van der Waals surface area contributed by atoms with E-state index in [-0.39, 0.29) is 0 Å². The zero-order chi connectivity index (χ0) is 8.81. The molecular weight excluding hydrogens is 168 g/mol. The van der Waals surface area contributed by atoms with Crippen LogP contribution in [0.4, 0.5) is 0 Å². The van der Waals surface area contributed by atoms with Gasteiger partial charge in [0, 0.05) is 18.1 Å². The van der Waals surface area contributed by atoms with Crippen LogP contribution in [0.5, 0.6) is 0 Å². The van der Waals surface area contributed by atoms with Crippen molar-refractivity contribution in [1.29, 1.82) is 0 Å². The Kier molecular flexibility index (Phi) is 4.29. The maximum absolute atomic E-state index is 3.30. The van der Waals surface area contributed by atoms with Crippen molar-refractivity contribution in [3.63, 3.8) is 0 Å². The van der Waals surface area contributed by atoms with Crippen LogP contribution in [-0.4, -0.2) is 20.3 Å². The van der Waals surface area contributed by atoms with Crippen molar-refractivity contribution >= 4 is 11.3 Å². The standard InChI is InChI=1S/C9H16N2S/c1-8-4-6-12-9(8)3-5-11-7-10-2/h4,6,10-11H,3,5,7H2,1-2H3. The number of hydrogen-bond acceptors (Lipinski definition) is 3. The van der Waals surface area contributed by atoms with Crippen LogP contribution in [0.25, 0.3) is 0 Å². The van der Waals surface area contributed by atoms with Crippen LogP contribution in [0.1, 0.15) is 10.4 Å². The fourth-order valence-corrected chi connectivity index (χ4v) is 1.99. The van der Waals surface area contributed by atoms with Crippen LogP contribution in [0.3, 0.4) is 0 Å². The van der Waals surface area contributed by atoms with Crippen LogP contribution in [0, 0.1) is 6.92 Å². The molecule has 1 rings (SSSR count). The van der Waals surface area contributed by atoms with E-state index in [9.17, 15) is 0 Å². The predicted octanol–water partition coefficient (Wildman–Crippen LogP) is 1.37. The molecule has 0 unspecified atom stereocenters. The quantitative estimate of drug-likeness (QED) is 0.533. The summed E-state index contributed by atoms with van der Waals surface area (Å²) in [7, 11) is 1.95. The molecule has 2 N–H and O–H groups in total. The van der Waals surface area contributed by atoms with E-state index in [0.29, 0.717) is 0 Å². The minimum atomic E-state index is 0.893. The molecule has 2 nitrogen and oxygen atoms in total. The minimum Gasteiger partial charge on any atom is -0.308 e. The molecule has 1 aromatic heterocycles. The summed E-state index contributed by atoms with van der Waals surface area (Å²) in [5.74, 6) is 0. The molecule has 0 saturated carbocycles. The normalized spacial score (nSPS) is 10.5. The summed E-state index contributed by atoms with van der Waals surface area (Å²) in [4.78, 5) is 1.50. The molecule has 0 bridgehead atoms. The molecule has 0 fully saturated rings. The molecule has 0 aromatic carbocycles. The van der Waals surface area contributed by atoms with Gasteiger partial charge >= 0.3 is 0 Å². The fourth-order valence-electron chi connectivity index (χ4n) is 1.08. The summed E-state index contributed by atoms with van der Waals surface area (Å²) in [5.41, 5.74) is 1.42. The van der Waals surface area contributed by atoms with E-state index in [1.165, 1.54) is 10.4 Å². The Bertz CT molecular complexity index is 220. The lowest BCUT2D eigenvalue weighted by atomic mass is 10.2. The molecule has 0 aliphatic carbocycles. The minimum absolute atomic E-state index is 0.893. The average Bonchev–Trinajstić information content (AvgIpc) is 2.46. The molecule has 0 spiro atoms. The molecule has 12 heavy (non-hydrogen) atoms. The van der Waals surface area contributed by atoms with Crippen molar-refractivity contribution in [1.82, 2.24) is 10.6 Å². The summed E-state index contributed by atoms with van der Waals surface area (Å²) < 4.78 is 0. The first-order chi connectivity index (χ1) is 5.84. The van der Waals surface area contributed by atoms with E-state index >= 15 is 0 Å². The predicted molar refractivity (Wildman–Crippen MR) is 54.7 cm³/mol. The first-order valence-electron chi connectivity index (χ1n) is 4.23. The van der Waals surface area contributed by atoms with Crippen LogP contribution in [0.2, 0.25) is 0 Å². The van der Waals surface area contributed by atoms with Gasteiger partial charge in [0.1, 0.15) is 0 Å². The second-order valence-corrected chi connectivity index (χ2v) is 3.81. The summed E-state index contributed by atoms with van der Waals surface area (Å²) in [6.45, 7) is 4.12. The van der Waals surface area contributed by atoms with Crippen molar-refractivity contribution in [2.24, 2.45) is 0 Å². The molecule has 0 saturated heterocycles. The van der Waals surface area contributed by atoms with E-state index in [4.69, 9.17) is 0 Å². The van der Waals surface area contributed by atoms with Gasteiger partial charge in [-0.25, -0.2) is 0 Å². The first kappa shape index (κ1) is 9.71. The van der Waals surface area contributed by atoms with Gasteiger partial charge in [-0.3, -0.25) is 0 Å². The molecule has 1 aromatic rings. The highest BCUT2D eigenvalue weighted by atomic mass is 32.1. The van der Waals surface area contributed by atoms with Crippen LogP contribution in [-0.2, 0) is 6.42 Å². The van der Waals surface area contributed by atoms with Gasteiger partial charge in [-0.2, -0.15) is 0 Å². The van der Waals surface area contributed by atoms with Crippen molar-refractivity contribution < 1.29 is 0 Å². The molecular formula is C9H16N2S. The third kappa shape index (κ3) is 2.93. The van der Waals surface area contributed by atoms with Crippen LogP contribution >= 0.6 is 11.3 Å². The Hall–Kier alpha value is -0.380. The average molecular weight is 184 g/mol. The summed E-state index contributed by atoms with van der Waals surface area (Å²) in [6.07, 6.45) is 1.14. The second-order valence-electron chi connectivity index (χ2n) is 2.81. The Morgan fingerprint density at radius 1 is 1.50 bits per heavy atom. The highest BCUT2D eigenvalue weighted by Crippen LogP contribution is 2.15. The van der Waals surface area contributed by atoms with Crippen molar-refractivity contribution in [2.45, 2.75) is 13.3 Å². The maximum atomic E-state index is 3.30. The van der Waals surface area contributed by atoms with Crippen molar-refractivity contribution in [2.75, 3.05) is 20.3 Å². The number of aryl methyl sites for hydroxylation is 1. The third-order valence-corrected chi connectivity index (χ3v) is 2.88. The zero-order valence-corrected chi connectivity index (χ0v) is 8.50. The molecule has 0 radical (unpaired) electrons. The summed E-state index contributed by atoms with van der Waals surface area (Å²) >= 11 is 1.85. The van der Waals surface area contributed by atoms with E-state index < -0.39 is 0 Å². The van der Waals surface area contributed by atoms with Gasteiger partial charge in [-0.15, -0.1) is 11.3 Å². The highest BCUT2D eigenvalue weighted by Gasteiger charge is 1.97. The molecule has 3 heteroatoms. The van der Waals surface area contributed by atoms with E-state index in [1.54, 1.807) is 0 Å². The van der Waals surface area contributed by atoms with Gasteiger partial charge in [0.25, 0.3) is 0 Å². The Balaban J connectivity index is 2.20. The smallest absolute Gasteiger partial charge is 0.0451 e. The Labute approximate surface area is 78.0 Å². The van der Waals surface area contributed by atoms with E-state index in [0.717, 1.165) is 19.6 Å². The van der Waals surface area contributed by atoms with Gasteiger partial charge in [-0.1, -0.05) is 0 Å². The van der Waals surface area contributed by atoms with E-state index in [2.05, 4.69) is 29.0 Å². The lowest BCUT2D eigenvalue weighted by molar-refractivity contribution is 0.632. The second kappa shape index (κ2) is 5.30. The zero-order valence-electron chi connectivity index (χ0n) is 7.68. The molecule has 1 heterocycles. The van der Waals surface area contributed by atoms with E-state index in [1.807, 2.05) is 18.4 Å². The van der Waals surface area contributed by atoms with Gasteiger partial charge < -0.3 is 10.6 Å². The van der Waals surface area contributed by atoms with Crippen molar-refractivity contribution in [3.8, 4) is 0 Å². The molecule has 0 amide bonds. The number of rotatable bonds is 5. The summed E-state index contributed by atoms with van der Waals surface area (Å²) in [5, 5.41) is 8.51. The molecule has 0 aliphatic heterocycles. The van der Waals surface area contributed by atoms with Gasteiger partial charge in [0.15, 0.2) is 0 Å². The van der Waals surface area contributed by atoms with Gasteiger partial charge in [-0.05, 0) is 37.4 Å². The topological polar surface area (TPSA) is 24.1 Å². The lowest BCUT2D eigenvalue weighted by Crippen LogP contribution is -2.27. The van der Waals surface area contributed by atoms with Gasteiger partial charge in [0.2, 0.25) is 0 Å². The van der Waals surface area contributed by atoms with Gasteiger partial charge in [0.05, 0.1) is 0 Å². The van der Waals surface area contributed by atoms with Crippen molar-refractivity contribution in [3.05, 3.63) is 21.9 Å². The number of hydrogen-bond donors (Lipinski definition) is 2. The first-order valence-corrected chi connectivity index (χ1v) is 5.11. The SMILES string of the molecule is CNCNCCc1sccc1C. The summed E-state index contributed by atoms with van der Waals surface area (Å²) in [6, 6.07) is 2.18. The number of thiophene rings is 1. The highest BCUT2D eigenvalue weighted by molar-refractivity contribution is 7.10. The Morgan fingerprint density at radius 3 is 2.92 bits per heavy atom. The third-order valence-electron chi connectivity index (χ3n) is 1.80. The lowest BCUT2D eigenvalue weighted by Gasteiger charge is -2.02. The monoisotopic (exact) mass is 184 g/mol. The maximum Gasteiger partial charge on any atom is 0.0451 e. The molecule has 0 aliphatic rings. The van der Waals surface area contributed by atoms with Crippen LogP contribution in [0.15, 0.2) is 11.4 Å². The molecule has 0 atom stereocenters. The largest absolute Gasteiger partial charge is 0.308 e. The van der Waals surface area contributed by atoms with Crippen LogP contribution < -0.4 is 10.6 Å². The number of nitrogens with one attached hydrogen (secondary N) is 2. The Morgan fingerprint density at radius 2 is 2.33 bits per heavy atom. The molecule has 68 valence electrons.